The zero-order valence-electron chi connectivity index (χ0n) is 6.80. The highest BCUT2D eigenvalue weighted by Crippen LogP contribution is 2.11. The van der Waals surface area contributed by atoms with Gasteiger partial charge < -0.3 is 0 Å². The highest BCUT2D eigenvalue weighted by Gasteiger charge is 1.94. The van der Waals surface area contributed by atoms with Crippen molar-refractivity contribution in [3.8, 4) is 0 Å². The van der Waals surface area contributed by atoms with Crippen molar-refractivity contribution in [3.63, 3.8) is 0 Å². The molecule has 0 aromatic rings. The van der Waals surface area contributed by atoms with Crippen LogP contribution in [0.3, 0.4) is 0 Å². The predicted octanol–water partition coefficient (Wildman–Crippen LogP) is 2.68. The summed E-state index contributed by atoms with van der Waals surface area (Å²) < 4.78 is 0.937. The lowest BCUT2D eigenvalue weighted by molar-refractivity contribution is 1.13. The molecule has 0 heterocycles. The molecule has 0 spiro atoms. The molecule has 0 amide bonds. The molecule has 0 aliphatic heterocycles. The quantitative estimate of drug-likeness (QED) is 0.378. The maximum absolute atomic E-state index is 5.67. The van der Waals surface area contributed by atoms with Crippen LogP contribution in [0.5, 0.6) is 0 Å². The summed E-state index contributed by atoms with van der Waals surface area (Å²) in [6, 6.07) is 0. The van der Waals surface area contributed by atoms with Gasteiger partial charge in [0.15, 0.2) is 0 Å². The summed E-state index contributed by atoms with van der Waals surface area (Å²) in [5.74, 6) is 0. The smallest absolute Gasteiger partial charge is 0.219 e. The fourth-order valence-corrected chi connectivity index (χ4v) is 1.74. The van der Waals surface area contributed by atoms with Gasteiger partial charge in [0.2, 0.25) is 5.29 Å². The SMILES string of the molecule is CCN=C(Cl)N=C(SC)SC. The Kier molecular flexibility index (Phi) is 7.22. The van der Waals surface area contributed by atoms with Gasteiger partial charge in [-0.2, -0.15) is 0 Å². The number of rotatable bonds is 1. The van der Waals surface area contributed by atoms with Gasteiger partial charge in [0.25, 0.3) is 0 Å². The van der Waals surface area contributed by atoms with Gasteiger partial charge in [0, 0.05) is 6.54 Å². The van der Waals surface area contributed by atoms with Gasteiger partial charge >= 0.3 is 0 Å². The van der Waals surface area contributed by atoms with Crippen molar-refractivity contribution in [1.29, 1.82) is 0 Å². The summed E-state index contributed by atoms with van der Waals surface area (Å²) in [5, 5.41) is 0.339. The van der Waals surface area contributed by atoms with Crippen molar-refractivity contribution >= 4 is 44.8 Å². The Morgan fingerprint density at radius 3 is 2.27 bits per heavy atom. The van der Waals surface area contributed by atoms with Crippen molar-refractivity contribution in [1.82, 2.24) is 0 Å². The number of thioether (sulfide) groups is 2. The van der Waals surface area contributed by atoms with Crippen LogP contribution in [0.4, 0.5) is 0 Å². The molecule has 0 aliphatic carbocycles. The molecule has 2 nitrogen and oxygen atoms in total. The molecule has 0 unspecified atom stereocenters. The fraction of sp³-hybridized carbons (Fsp3) is 0.667. The fourth-order valence-electron chi connectivity index (χ4n) is 0.416. The lowest BCUT2D eigenvalue weighted by atomic mass is 10.8. The highest BCUT2D eigenvalue weighted by atomic mass is 35.5. The third-order valence-corrected chi connectivity index (χ3v) is 2.91. The minimum absolute atomic E-state index is 0.339. The molecule has 0 atom stereocenters. The van der Waals surface area contributed by atoms with E-state index in [1.807, 2.05) is 19.4 Å². The van der Waals surface area contributed by atoms with Crippen molar-refractivity contribution < 1.29 is 0 Å². The molecule has 0 fully saturated rings. The van der Waals surface area contributed by atoms with E-state index in [-0.39, 0.29) is 0 Å². The number of hydrogen-bond donors (Lipinski definition) is 0. The van der Waals surface area contributed by atoms with Crippen LogP contribution in [0, 0.1) is 0 Å². The molecular weight excluding hydrogens is 200 g/mol. The topological polar surface area (TPSA) is 24.7 Å². The van der Waals surface area contributed by atoms with Crippen LogP contribution in [0.15, 0.2) is 9.98 Å². The second-order valence-electron chi connectivity index (χ2n) is 1.53. The van der Waals surface area contributed by atoms with E-state index in [0.29, 0.717) is 11.8 Å². The van der Waals surface area contributed by atoms with Gasteiger partial charge in [-0.1, -0.05) is 0 Å². The van der Waals surface area contributed by atoms with Gasteiger partial charge in [0.1, 0.15) is 4.38 Å². The van der Waals surface area contributed by atoms with Crippen molar-refractivity contribution in [3.05, 3.63) is 0 Å². The molecular formula is C6H11ClN2S2. The van der Waals surface area contributed by atoms with Gasteiger partial charge in [-0.25, -0.2) is 4.99 Å². The van der Waals surface area contributed by atoms with E-state index >= 15 is 0 Å². The summed E-state index contributed by atoms with van der Waals surface area (Å²) in [4.78, 5) is 7.99. The third-order valence-electron chi connectivity index (χ3n) is 0.821. The average Bonchev–Trinajstić information content (AvgIpc) is 2.01. The minimum atomic E-state index is 0.339. The normalized spacial score (nSPS) is 11.5. The molecule has 0 saturated carbocycles. The van der Waals surface area contributed by atoms with Gasteiger partial charge in [0.05, 0.1) is 0 Å². The Morgan fingerprint density at radius 1 is 1.36 bits per heavy atom. The van der Waals surface area contributed by atoms with E-state index in [2.05, 4.69) is 9.98 Å². The molecule has 0 aromatic carbocycles. The molecule has 0 aromatic heterocycles. The molecule has 0 aliphatic rings. The largest absolute Gasteiger partial charge is 0.256 e. The molecule has 5 heteroatoms. The molecule has 0 saturated heterocycles. The summed E-state index contributed by atoms with van der Waals surface area (Å²) in [6.07, 6.45) is 3.93. The first-order valence-corrected chi connectivity index (χ1v) is 5.94. The monoisotopic (exact) mass is 210 g/mol. The van der Waals surface area contributed by atoms with Crippen LogP contribution < -0.4 is 0 Å². The predicted molar refractivity (Wildman–Crippen MR) is 58.3 cm³/mol. The zero-order chi connectivity index (χ0) is 8.69. The molecule has 11 heavy (non-hydrogen) atoms. The number of amidine groups is 1. The number of halogens is 1. The summed E-state index contributed by atoms with van der Waals surface area (Å²) >= 11 is 8.81. The maximum atomic E-state index is 5.67. The number of nitrogens with zero attached hydrogens (tertiary/aromatic N) is 2. The number of hydrogen-bond acceptors (Lipinski definition) is 3. The van der Waals surface area contributed by atoms with Crippen LogP contribution in [0.25, 0.3) is 0 Å². The van der Waals surface area contributed by atoms with E-state index < -0.39 is 0 Å². The van der Waals surface area contributed by atoms with E-state index in [0.717, 1.165) is 4.38 Å². The van der Waals surface area contributed by atoms with E-state index in [9.17, 15) is 0 Å². The Balaban J connectivity index is 4.14. The third kappa shape index (κ3) is 5.58. The van der Waals surface area contributed by atoms with Crippen LogP contribution in [0.2, 0.25) is 0 Å². The van der Waals surface area contributed by atoms with Crippen LogP contribution in [-0.2, 0) is 0 Å². The molecule has 0 N–H and O–H groups in total. The molecule has 0 radical (unpaired) electrons. The van der Waals surface area contributed by atoms with E-state index in [4.69, 9.17) is 11.6 Å². The highest BCUT2D eigenvalue weighted by molar-refractivity contribution is 8.38. The summed E-state index contributed by atoms with van der Waals surface area (Å²) in [6.45, 7) is 2.61. The lowest BCUT2D eigenvalue weighted by Gasteiger charge is -1.95. The van der Waals surface area contributed by atoms with E-state index in [1.165, 1.54) is 0 Å². The Labute approximate surface area is 80.9 Å². The second-order valence-corrected chi connectivity index (χ2v) is 3.72. The maximum Gasteiger partial charge on any atom is 0.219 e. The van der Waals surface area contributed by atoms with Crippen LogP contribution in [-0.4, -0.2) is 28.7 Å². The van der Waals surface area contributed by atoms with Gasteiger partial charge in [-0.15, -0.1) is 23.5 Å². The van der Waals surface area contributed by atoms with Crippen molar-refractivity contribution in [2.45, 2.75) is 6.92 Å². The summed E-state index contributed by atoms with van der Waals surface area (Å²) in [7, 11) is 0. The average molecular weight is 211 g/mol. The standard InChI is InChI=1S/C6H11ClN2S2/c1-4-8-5(7)9-6(10-2)11-3/h4H2,1-3H3. The summed E-state index contributed by atoms with van der Waals surface area (Å²) in [5.41, 5.74) is 0. The van der Waals surface area contributed by atoms with E-state index in [1.54, 1.807) is 23.5 Å². The first-order chi connectivity index (χ1) is 5.24. The first kappa shape index (κ1) is 11.3. The van der Waals surface area contributed by atoms with Gasteiger partial charge in [-0.05, 0) is 31.0 Å². The Morgan fingerprint density at radius 2 is 1.91 bits per heavy atom. The zero-order valence-corrected chi connectivity index (χ0v) is 9.18. The molecule has 0 bridgehead atoms. The molecule has 64 valence electrons. The van der Waals surface area contributed by atoms with Crippen molar-refractivity contribution in [2.75, 3.05) is 19.1 Å². The van der Waals surface area contributed by atoms with Crippen molar-refractivity contribution in [2.24, 2.45) is 9.98 Å². The second kappa shape index (κ2) is 7.00. The van der Waals surface area contributed by atoms with Gasteiger partial charge in [-0.3, -0.25) is 4.99 Å². The Hall–Kier alpha value is 0.330. The number of aliphatic imine (C=N–C) groups is 2. The Bertz CT molecular complexity index is 162. The first-order valence-electron chi connectivity index (χ1n) is 3.11. The van der Waals surface area contributed by atoms with Crippen LogP contribution >= 0.6 is 35.1 Å². The lowest BCUT2D eigenvalue weighted by Crippen LogP contribution is -1.89. The molecule has 0 rings (SSSR count). The minimum Gasteiger partial charge on any atom is -0.256 e. The van der Waals surface area contributed by atoms with Crippen LogP contribution in [0.1, 0.15) is 6.92 Å².